The summed E-state index contributed by atoms with van der Waals surface area (Å²) in [6, 6.07) is 21.5. The molecular weight excluding hydrogens is 498 g/mol. The maximum Gasteiger partial charge on any atom is 0.277 e. The summed E-state index contributed by atoms with van der Waals surface area (Å²) in [5.41, 5.74) is 3.77. The Morgan fingerprint density at radius 1 is 0.939 bits per heavy atom. The molecule has 0 spiro atoms. The number of aromatic nitrogens is 2. The number of rotatable bonds is 3. The minimum absolute atomic E-state index is 0.104. The number of thiophene rings is 1. The van der Waals surface area contributed by atoms with Gasteiger partial charge in [-0.05, 0) is 47.7 Å². The number of benzene rings is 2. The second kappa shape index (κ2) is 8.01. The second-order valence-electron chi connectivity index (χ2n) is 8.42. The summed E-state index contributed by atoms with van der Waals surface area (Å²) in [7, 11) is 0. The minimum atomic E-state index is -0.408. The lowest BCUT2D eigenvalue weighted by atomic mass is 9.74. The first-order valence-corrected chi connectivity index (χ1v) is 12.5. The van der Waals surface area contributed by atoms with Crippen molar-refractivity contribution in [2.45, 2.75) is 24.7 Å². The fraction of sp³-hybridized carbons (Fsp3) is 0.154. The third-order valence-corrected chi connectivity index (χ3v) is 8.01. The van der Waals surface area contributed by atoms with Gasteiger partial charge in [0.2, 0.25) is 0 Å². The highest BCUT2D eigenvalue weighted by Crippen LogP contribution is 2.47. The van der Waals surface area contributed by atoms with Gasteiger partial charge < -0.3 is 5.32 Å². The molecule has 0 fully saturated rings. The van der Waals surface area contributed by atoms with Crippen LogP contribution in [0.5, 0.6) is 0 Å². The first-order chi connectivity index (χ1) is 16.1. The monoisotopic (exact) mass is 517 g/mol. The summed E-state index contributed by atoms with van der Waals surface area (Å²) in [5, 5.41) is 8.76. The Bertz CT molecular complexity index is 1430. The molecule has 5 nitrogen and oxygen atoms in total. The SMILES string of the molecule is O=C1CC(c2cccs2)CC2=C1C(c1ccc(Br)cc1)c1c([nH]n(-c3ccccc3)c1=O)N2. The number of nitrogens with one attached hydrogen (secondary N) is 2. The van der Waals surface area contributed by atoms with Gasteiger partial charge in [0.1, 0.15) is 5.82 Å². The molecule has 164 valence electrons. The third-order valence-electron chi connectivity index (χ3n) is 6.45. The fourth-order valence-electron chi connectivity index (χ4n) is 4.96. The van der Waals surface area contributed by atoms with Gasteiger partial charge in [-0.2, -0.15) is 0 Å². The number of carbonyl (C=O) groups excluding carboxylic acids is 1. The number of allylic oxidation sites excluding steroid dienone is 2. The summed E-state index contributed by atoms with van der Waals surface area (Å²) in [4.78, 5) is 28.4. The van der Waals surface area contributed by atoms with E-state index in [0.717, 1.165) is 27.8 Å². The van der Waals surface area contributed by atoms with E-state index in [1.807, 2.05) is 60.7 Å². The molecule has 2 unspecified atom stereocenters. The van der Waals surface area contributed by atoms with Crippen molar-refractivity contribution >= 4 is 38.9 Å². The molecule has 2 aromatic heterocycles. The fourth-order valence-corrected chi connectivity index (χ4v) is 6.06. The van der Waals surface area contributed by atoms with E-state index < -0.39 is 5.92 Å². The van der Waals surface area contributed by atoms with Gasteiger partial charge in [0.05, 0.1) is 11.3 Å². The van der Waals surface area contributed by atoms with Crippen LogP contribution in [0.1, 0.15) is 40.7 Å². The van der Waals surface area contributed by atoms with Gasteiger partial charge in [0.25, 0.3) is 5.56 Å². The third kappa shape index (κ3) is 3.43. The minimum Gasteiger partial charge on any atom is -0.343 e. The number of hydrogen-bond acceptors (Lipinski definition) is 4. The van der Waals surface area contributed by atoms with Gasteiger partial charge in [-0.25, -0.2) is 4.68 Å². The number of para-hydroxylation sites is 1. The molecule has 0 saturated heterocycles. The van der Waals surface area contributed by atoms with Gasteiger partial charge in [-0.3, -0.25) is 14.7 Å². The zero-order chi connectivity index (χ0) is 22.5. The van der Waals surface area contributed by atoms with Crippen LogP contribution < -0.4 is 10.9 Å². The largest absolute Gasteiger partial charge is 0.343 e. The highest BCUT2D eigenvalue weighted by Gasteiger charge is 2.41. The number of aromatic amines is 1. The molecule has 0 saturated carbocycles. The van der Waals surface area contributed by atoms with Gasteiger partial charge in [-0.1, -0.05) is 52.3 Å². The molecule has 4 aromatic rings. The number of nitrogens with zero attached hydrogens (tertiary/aromatic N) is 1. The highest BCUT2D eigenvalue weighted by atomic mass is 79.9. The molecule has 6 rings (SSSR count). The van der Waals surface area contributed by atoms with E-state index in [9.17, 15) is 9.59 Å². The van der Waals surface area contributed by atoms with Crippen LogP contribution in [-0.2, 0) is 4.79 Å². The number of anilines is 1. The van der Waals surface area contributed by atoms with Crippen LogP contribution in [0.15, 0.2) is 92.6 Å². The number of H-pyrrole nitrogens is 1. The Kier molecular flexibility index (Phi) is 4.96. The molecule has 1 aliphatic carbocycles. The number of Topliss-reactive ketones (excluding diaryl/α,β-unsaturated/α-hetero) is 1. The molecule has 0 radical (unpaired) electrons. The molecule has 1 aliphatic heterocycles. The van der Waals surface area contributed by atoms with E-state index in [4.69, 9.17) is 0 Å². The van der Waals surface area contributed by atoms with Crippen molar-refractivity contribution in [2.24, 2.45) is 0 Å². The van der Waals surface area contributed by atoms with Crippen LogP contribution in [0.4, 0.5) is 5.82 Å². The molecule has 2 aliphatic rings. The first kappa shape index (κ1) is 20.4. The van der Waals surface area contributed by atoms with E-state index >= 15 is 0 Å². The summed E-state index contributed by atoms with van der Waals surface area (Å²) in [6.45, 7) is 0. The Labute approximate surface area is 202 Å². The van der Waals surface area contributed by atoms with E-state index in [1.54, 1.807) is 16.0 Å². The van der Waals surface area contributed by atoms with Crippen molar-refractivity contribution in [3.8, 4) is 5.69 Å². The number of ketones is 1. The van der Waals surface area contributed by atoms with Crippen LogP contribution in [0, 0.1) is 0 Å². The lowest BCUT2D eigenvalue weighted by Crippen LogP contribution is -2.31. The Morgan fingerprint density at radius 2 is 1.73 bits per heavy atom. The highest BCUT2D eigenvalue weighted by molar-refractivity contribution is 9.10. The topological polar surface area (TPSA) is 66.9 Å². The van der Waals surface area contributed by atoms with Crippen LogP contribution in [0.2, 0.25) is 0 Å². The van der Waals surface area contributed by atoms with Gasteiger partial charge in [0, 0.05) is 38.9 Å². The number of fused-ring (bicyclic) bond motifs is 1. The Hall–Kier alpha value is -3.16. The maximum absolute atomic E-state index is 13.6. The van der Waals surface area contributed by atoms with Crippen molar-refractivity contribution in [2.75, 3.05) is 5.32 Å². The van der Waals surface area contributed by atoms with E-state index in [2.05, 4.69) is 37.8 Å². The summed E-state index contributed by atoms with van der Waals surface area (Å²) < 4.78 is 2.52. The second-order valence-corrected chi connectivity index (χ2v) is 10.3. The first-order valence-electron chi connectivity index (χ1n) is 10.8. The van der Waals surface area contributed by atoms with Crippen LogP contribution >= 0.6 is 27.3 Å². The maximum atomic E-state index is 13.6. The number of hydrogen-bond donors (Lipinski definition) is 2. The zero-order valence-corrected chi connectivity index (χ0v) is 19.9. The summed E-state index contributed by atoms with van der Waals surface area (Å²) >= 11 is 5.19. The van der Waals surface area contributed by atoms with E-state index in [-0.39, 0.29) is 17.3 Å². The van der Waals surface area contributed by atoms with Gasteiger partial charge >= 0.3 is 0 Å². The Balaban J connectivity index is 1.53. The lowest BCUT2D eigenvalue weighted by molar-refractivity contribution is -0.116. The molecule has 2 aromatic carbocycles. The smallest absolute Gasteiger partial charge is 0.277 e. The van der Waals surface area contributed by atoms with Crippen molar-refractivity contribution in [1.82, 2.24) is 9.78 Å². The standard InChI is InChI=1S/C26H20BrN3O2S/c27-17-10-8-15(9-11-17)22-23-19(13-16(14-20(23)31)21-7-4-12-33-21)28-25-24(22)26(32)30(29-25)18-5-2-1-3-6-18/h1-12,16,22,28-29H,13-14H2. The quantitative estimate of drug-likeness (QED) is 0.353. The van der Waals surface area contributed by atoms with Crippen molar-refractivity contribution in [3.63, 3.8) is 0 Å². The zero-order valence-electron chi connectivity index (χ0n) is 17.5. The molecule has 2 atom stereocenters. The molecule has 0 bridgehead atoms. The molecule has 33 heavy (non-hydrogen) atoms. The predicted octanol–water partition coefficient (Wildman–Crippen LogP) is 5.95. The lowest BCUT2D eigenvalue weighted by Gasteiger charge is -2.34. The van der Waals surface area contributed by atoms with Gasteiger partial charge in [-0.15, -0.1) is 11.3 Å². The van der Waals surface area contributed by atoms with Crippen LogP contribution in [-0.4, -0.2) is 15.6 Å². The number of carbonyl (C=O) groups is 1. The van der Waals surface area contributed by atoms with Crippen molar-refractivity contribution in [1.29, 1.82) is 0 Å². The molecular formula is C26H20BrN3O2S. The summed E-state index contributed by atoms with van der Waals surface area (Å²) in [5.74, 6) is 0.511. The van der Waals surface area contributed by atoms with Crippen molar-refractivity contribution < 1.29 is 4.79 Å². The summed E-state index contributed by atoms with van der Waals surface area (Å²) in [6.07, 6.45) is 1.20. The van der Waals surface area contributed by atoms with Crippen LogP contribution in [0.25, 0.3) is 5.69 Å². The van der Waals surface area contributed by atoms with Crippen LogP contribution in [0.3, 0.4) is 0 Å². The predicted molar refractivity (Wildman–Crippen MR) is 134 cm³/mol. The molecule has 0 amide bonds. The number of halogens is 1. The van der Waals surface area contributed by atoms with E-state index in [1.165, 1.54) is 4.88 Å². The molecule has 2 N–H and O–H groups in total. The van der Waals surface area contributed by atoms with E-state index in [0.29, 0.717) is 23.4 Å². The van der Waals surface area contributed by atoms with Crippen molar-refractivity contribution in [3.05, 3.63) is 114 Å². The Morgan fingerprint density at radius 3 is 2.45 bits per heavy atom. The average Bonchev–Trinajstić information content (AvgIpc) is 3.48. The molecule has 3 heterocycles. The normalized spacial score (nSPS) is 19.7. The van der Waals surface area contributed by atoms with Gasteiger partial charge in [0.15, 0.2) is 5.78 Å². The molecule has 7 heteroatoms. The average molecular weight is 518 g/mol.